The standard InChI is InChI=1S/C9H20N2OS/c1-7(2)11-9(12)5-10-8(3)6-13-4/h7-8,10H,5-6H2,1-4H3,(H,11,12). The first-order chi connectivity index (χ1) is 6.06. The molecule has 0 saturated carbocycles. The number of hydrogen-bond donors (Lipinski definition) is 2. The highest BCUT2D eigenvalue weighted by molar-refractivity contribution is 7.98. The van der Waals surface area contributed by atoms with Gasteiger partial charge in [-0.15, -0.1) is 0 Å². The quantitative estimate of drug-likeness (QED) is 0.674. The molecule has 0 aliphatic rings. The second kappa shape index (κ2) is 7.21. The van der Waals surface area contributed by atoms with E-state index in [0.717, 1.165) is 5.75 Å². The summed E-state index contributed by atoms with van der Waals surface area (Å²) < 4.78 is 0. The van der Waals surface area contributed by atoms with Gasteiger partial charge in [0.05, 0.1) is 6.54 Å². The van der Waals surface area contributed by atoms with E-state index in [9.17, 15) is 4.79 Å². The van der Waals surface area contributed by atoms with Gasteiger partial charge in [-0.3, -0.25) is 4.79 Å². The van der Waals surface area contributed by atoms with Gasteiger partial charge in [0.1, 0.15) is 0 Å². The Labute approximate surface area is 85.0 Å². The maximum Gasteiger partial charge on any atom is 0.234 e. The van der Waals surface area contributed by atoms with Crippen molar-refractivity contribution in [2.24, 2.45) is 0 Å². The van der Waals surface area contributed by atoms with Crippen LogP contribution in [0, 0.1) is 0 Å². The lowest BCUT2D eigenvalue weighted by atomic mass is 10.3. The lowest BCUT2D eigenvalue weighted by Gasteiger charge is -2.13. The number of carbonyl (C=O) groups excluding carboxylic acids is 1. The first kappa shape index (κ1) is 12.8. The molecule has 1 atom stereocenters. The van der Waals surface area contributed by atoms with Crippen LogP contribution >= 0.6 is 11.8 Å². The molecule has 1 amide bonds. The molecule has 0 radical (unpaired) electrons. The van der Waals surface area contributed by atoms with Crippen LogP contribution in [0.25, 0.3) is 0 Å². The van der Waals surface area contributed by atoms with Crippen LogP contribution < -0.4 is 10.6 Å². The molecule has 78 valence electrons. The van der Waals surface area contributed by atoms with Crippen molar-refractivity contribution in [2.45, 2.75) is 32.9 Å². The van der Waals surface area contributed by atoms with E-state index >= 15 is 0 Å². The number of nitrogens with one attached hydrogen (secondary N) is 2. The van der Waals surface area contributed by atoms with Crippen molar-refractivity contribution in [3.05, 3.63) is 0 Å². The predicted octanol–water partition coefficient (Wildman–Crippen LogP) is 0.852. The van der Waals surface area contributed by atoms with E-state index in [0.29, 0.717) is 12.6 Å². The van der Waals surface area contributed by atoms with Crippen LogP contribution in [0.1, 0.15) is 20.8 Å². The number of carbonyl (C=O) groups is 1. The molecule has 0 bridgehead atoms. The Balaban J connectivity index is 3.46. The number of rotatable bonds is 6. The largest absolute Gasteiger partial charge is 0.353 e. The van der Waals surface area contributed by atoms with Gasteiger partial charge in [-0.2, -0.15) is 11.8 Å². The van der Waals surface area contributed by atoms with Gasteiger partial charge in [0.15, 0.2) is 0 Å². The molecule has 0 aromatic rings. The molecule has 3 nitrogen and oxygen atoms in total. The topological polar surface area (TPSA) is 41.1 Å². The van der Waals surface area contributed by atoms with Crippen molar-refractivity contribution in [3.8, 4) is 0 Å². The molecule has 0 saturated heterocycles. The molecule has 4 heteroatoms. The Bertz CT molecular complexity index is 151. The predicted molar refractivity (Wildman–Crippen MR) is 59.1 cm³/mol. The van der Waals surface area contributed by atoms with Crippen LogP contribution in [-0.2, 0) is 4.79 Å². The number of thioether (sulfide) groups is 1. The summed E-state index contributed by atoms with van der Waals surface area (Å²) >= 11 is 1.78. The summed E-state index contributed by atoms with van der Waals surface area (Å²) in [6.45, 7) is 6.42. The average molecular weight is 204 g/mol. The Kier molecular flexibility index (Phi) is 7.09. The summed E-state index contributed by atoms with van der Waals surface area (Å²) in [6.07, 6.45) is 2.06. The minimum atomic E-state index is 0.0722. The fourth-order valence-electron chi connectivity index (χ4n) is 0.949. The van der Waals surface area contributed by atoms with Crippen molar-refractivity contribution in [3.63, 3.8) is 0 Å². The summed E-state index contributed by atoms with van der Waals surface area (Å²) in [7, 11) is 0. The monoisotopic (exact) mass is 204 g/mol. The van der Waals surface area contributed by atoms with Gasteiger partial charge in [-0.25, -0.2) is 0 Å². The van der Waals surface area contributed by atoms with Gasteiger partial charge in [0, 0.05) is 17.8 Å². The maximum atomic E-state index is 11.2. The van der Waals surface area contributed by atoms with Gasteiger partial charge in [0.2, 0.25) is 5.91 Å². The van der Waals surface area contributed by atoms with Crippen LogP contribution in [-0.4, -0.2) is 36.5 Å². The Morgan fingerprint density at radius 3 is 2.46 bits per heavy atom. The van der Waals surface area contributed by atoms with Crippen LogP contribution in [0.3, 0.4) is 0 Å². The fraction of sp³-hybridized carbons (Fsp3) is 0.889. The second-order valence-corrected chi connectivity index (χ2v) is 4.37. The highest BCUT2D eigenvalue weighted by atomic mass is 32.2. The molecule has 0 aliphatic carbocycles. The fourth-order valence-corrected chi connectivity index (χ4v) is 1.57. The molecule has 0 fully saturated rings. The zero-order valence-electron chi connectivity index (χ0n) is 8.89. The van der Waals surface area contributed by atoms with Gasteiger partial charge in [-0.1, -0.05) is 0 Å². The van der Waals surface area contributed by atoms with E-state index in [4.69, 9.17) is 0 Å². The van der Waals surface area contributed by atoms with E-state index in [1.165, 1.54) is 0 Å². The molecule has 0 aromatic carbocycles. The van der Waals surface area contributed by atoms with E-state index in [1.54, 1.807) is 11.8 Å². The molecular formula is C9H20N2OS. The van der Waals surface area contributed by atoms with Gasteiger partial charge in [0.25, 0.3) is 0 Å². The minimum absolute atomic E-state index is 0.0722. The second-order valence-electron chi connectivity index (χ2n) is 3.46. The lowest BCUT2D eigenvalue weighted by molar-refractivity contribution is -0.120. The van der Waals surface area contributed by atoms with Crippen molar-refractivity contribution < 1.29 is 4.79 Å². The molecule has 2 N–H and O–H groups in total. The third-order valence-corrected chi connectivity index (χ3v) is 2.31. The molecule has 0 rings (SSSR count). The third kappa shape index (κ3) is 8.12. The van der Waals surface area contributed by atoms with Gasteiger partial charge < -0.3 is 10.6 Å². The zero-order valence-corrected chi connectivity index (χ0v) is 9.70. The summed E-state index contributed by atoms with van der Waals surface area (Å²) in [6, 6.07) is 0.623. The van der Waals surface area contributed by atoms with Crippen LogP contribution in [0.15, 0.2) is 0 Å². The lowest BCUT2D eigenvalue weighted by Crippen LogP contribution is -2.41. The first-order valence-corrected chi connectivity index (χ1v) is 5.97. The van der Waals surface area contributed by atoms with Crippen LogP contribution in [0.2, 0.25) is 0 Å². The van der Waals surface area contributed by atoms with Crippen LogP contribution in [0.5, 0.6) is 0 Å². The number of hydrogen-bond acceptors (Lipinski definition) is 3. The highest BCUT2D eigenvalue weighted by Gasteiger charge is 2.05. The molecule has 0 spiro atoms. The van der Waals surface area contributed by atoms with Crippen LogP contribution in [0.4, 0.5) is 0 Å². The minimum Gasteiger partial charge on any atom is -0.353 e. The third-order valence-electron chi connectivity index (χ3n) is 1.48. The normalized spacial score (nSPS) is 13.0. The van der Waals surface area contributed by atoms with E-state index in [2.05, 4.69) is 23.8 Å². The van der Waals surface area contributed by atoms with E-state index in [1.807, 2.05) is 13.8 Å². The molecule has 1 unspecified atom stereocenters. The van der Waals surface area contributed by atoms with Gasteiger partial charge in [-0.05, 0) is 27.0 Å². The zero-order chi connectivity index (χ0) is 10.3. The first-order valence-electron chi connectivity index (χ1n) is 4.58. The Morgan fingerprint density at radius 1 is 1.38 bits per heavy atom. The molecule has 0 aromatic heterocycles. The molecule has 13 heavy (non-hydrogen) atoms. The van der Waals surface area contributed by atoms with E-state index < -0.39 is 0 Å². The highest BCUT2D eigenvalue weighted by Crippen LogP contribution is 1.94. The maximum absolute atomic E-state index is 11.2. The van der Waals surface area contributed by atoms with Crippen molar-refractivity contribution >= 4 is 17.7 Å². The summed E-state index contributed by atoms with van der Waals surface area (Å²) in [4.78, 5) is 11.2. The van der Waals surface area contributed by atoms with E-state index in [-0.39, 0.29) is 11.9 Å². The summed E-state index contributed by atoms with van der Waals surface area (Å²) in [5, 5.41) is 5.99. The number of amides is 1. The summed E-state index contributed by atoms with van der Waals surface area (Å²) in [5.41, 5.74) is 0. The Morgan fingerprint density at radius 2 is 2.00 bits per heavy atom. The smallest absolute Gasteiger partial charge is 0.234 e. The average Bonchev–Trinajstić information content (AvgIpc) is 2.00. The van der Waals surface area contributed by atoms with Crippen molar-refractivity contribution in [2.75, 3.05) is 18.6 Å². The molecule has 0 heterocycles. The van der Waals surface area contributed by atoms with Gasteiger partial charge >= 0.3 is 0 Å². The summed E-state index contributed by atoms with van der Waals surface area (Å²) in [5.74, 6) is 1.11. The molecule has 0 aliphatic heterocycles. The SMILES string of the molecule is CSCC(C)NCC(=O)NC(C)C. The van der Waals surface area contributed by atoms with Crippen molar-refractivity contribution in [1.29, 1.82) is 0 Å². The molecular weight excluding hydrogens is 184 g/mol. The van der Waals surface area contributed by atoms with Crippen molar-refractivity contribution in [1.82, 2.24) is 10.6 Å². The Hall–Kier alpha value is -0.220.